The minimum absolute atomic E-state index is 0.106. The summed E-state index contributed by atoms with van der Waals surface area (Å²) in [4.78, 5) is 82.5. The Bertz CT molecular complexity index is 2640. The van der Waals surface area contributed by atoms with Crippen molar-refractivity contribution >= 4 is 46.4 Å². The highest BCUT2D eigenvalue weighted by molar-refractivity contribution is 5.99. The van der Waals surface area contributed by atoms with Crippen LogP contribution in [0.25, 0.3) is 33.4 Å². The minimum Gasteiger partial charge on any atom is -0.463 e. The van der Waals surface area contributed by atoms with E-state index in [2.05, 4.69) is 32.7 Å². The second-order valence-electron chi connectivity index (χ2n) is 17.3. The Morgan fingerprint density at radius 1 is 0.738 bits per heavy atom. The van der Waals surface area contributed by atoms with Crippen LogP contribution in [0.5, 0.6) is 0 Å². The molecule has 14 heteroatoms. The molecule has 336 valence electrons. The average Bonchev–Trinajstić information content (AvgIpc) is 4.14. The summed E-state index contributed by atoms with van der Waals surface area (Å²) >= 11 is 0. The highest BCUT2D eigenvalue weighted by Crippen LogP contribution is 2.36. The molecule has 2 aliphatic rings. The van der Waals surface area contributed by atoms with E-state index in [4.69, 9.17) is 14.5 Å². The lowest BCUT2D eigenvalue weighted by Gasteiger charge is -2.28. The Kier molecular flexibility index (Phi) is 13.4. The van der Waals surface area contributed by atoms with Gasteiger partial charge in [-0.25, -0.2) is 9.78 Å². The number of H-pyrrole nitrogens is 2. The number of amides is 4. The number of nitrogens with one attached hydrogen (secondary N) is 4. The third-order valence-corrected chi connectivity index (χ3v) is 11.9. The van der Waals surface area contributed by atoms with Crippen LogP contribution in [0.1, 0.15) is 94.8 Å². The van der Waals surface area contributed by atoms with Crippen molar-refractivity contribution in [1.82, 2.24) is 30.1 Å². The number of hydrogen-bond acceptors (Lipinski definition) is 8. The zero-order chi connectivity index (χ0) is 45.6. The molecule has 2 saturated heterocycles. The zero-order valence-electron chi connectivity index (χ0n) is 37.1. The summed E-state index contributed by atoms with van der Waals surface area (Å²) in [5.41, 5.74) is 6.40. The molecule has 0 unspecified atom stereocenters. The van der Waals surface area contributed by atoms with Crippen molar-refractivity contribution in [2.75, 3.05) is 18.4 Å². The van der Waals surface area contributed by atoms with Gasteiger partial charge in [0.1, 0.15) is 17.9 Å². The number of esters is 1. The first kappa shape index (κ1) is 44.4. The van der Waals surface area contributed by atoms with E-state index in [1.807, 2.05) is 103 Å². The first-order chi connectivity index (χ1) is 31.4. The summed E-state index contributed by atoms with van der Waals surface area (Å²) in [5, 5.41) is 6.79. The Morgan fingerprint density at radius 2 is 1.40 bits per heavy atom. The fourth-order valence-corrected chi connectivity index (χ4v) is 8.86. The molecule has 4 amide bonds. The first-order valence-electron chi connectivity index (χ1n) is 22.4. The molecule has 8 rings (SSSR count). The van der Waals surface area contributed by atoms with Gasteiger partial charge in [0, 0.05) is 47.1 Å². The third kappa shape index (κ3) is 10.3. The molecule has 4 atom stereocenters. The van der Waals surface area contributed by atoms with Crippen LogP contribution in [0.3, 0.4) is 0 Å². The lowest BCUT2D eigenvalue weighted by molar-refractivity contribution is -0.150. The number of carbonyl (C=O) groups is 5. The fourth-order valence-electron chi connectivity index (χ4n) is 8.86. The number of rotatable bonds is 14. The Balaban J connectivity index is 0.927. The van der Waals surface area contributed by atoms with Crippen molar-refractivity contribution < 1.29 is 33.4 Å². The first-order valence-corrected chi connectivity index (χ1v) is 22.4. The van der Waals surface area contributed by atoms with Crippen LogP contribution in [0.15, 0.2) is 115 Å². The lowest BCUT2D eigenvalue weighted by atomic mass is 9.93. The van der Waals surface area contributed by atoms with E-state index in [-0.39, 0.29) is 42.4 Å². The monoisotopic (exact) mass is 877 g/mol. The SMILES string of the molecule is CC(C)OC(=O)C[C@@H](C(=O)N1CCC[C@H]1C(=O)Nc1ccc(-c2cc3cc(-c4c[nH]c([C@@H]5CCCN5C(=O)[C@H](NC(=O)OC(C)C)c5ccccc5)n4)ccc3[nH]2)cc1)c1ccccc1. The van der Waals surface area contributed by atoms with Crippen LogP contribution >= 0.6 is 0 Å². The number of benzene rings is 4. The van der Waals surface area contributed by atoms with Gasteiger partial charge in [0.05, 0.1) is 36.3 Å². The average molecular weight is 878 g/mol. The number of ether oxygens (including phenoxy) is 2. The molecule has 2 aromatic heterocycles. The van der Waals surface area contributed by atoms with E-state index in [0.29, 0.717) is 48.6 Å². The molecule has 65 heavy (non-hydrogen) atoms. The second-order valence-corrected chi connectivity index (χ2v) is 17.3. The van der Waals surface area contributed by atoms with Crippen molar-refractivity contribution in [3.05, 3.63) is 132 Å². The molecule has 4 heterocycles. The van der Waals surface area contributed by atoms with E-state index in [1.54, 1.807) is 37.5 Å². The van der Waals surface area contributed by atoms with E-state index in [9.17, 15) is 24.0 Å². The summed E-state index contributed by atoms with van der Waals surface area (Å²) in [5.74, 6) is -1.30. The van der Waals surface area contributed by atoms with Gasteiger partial charge in [-0.05, 0) is 100 Å². The van der Waals surface area contributed by atoms with Crippen LogP contribution in [0.2, 0.25) is 0 Å². The Morgan fingerprint density at radius 3 is 2.11 bits per heavy atom. The third-order valence-electron chi connectivity index (χ3n) is 11.9. The fraction of sp³-hybridized carbons (Fsp3) is 0.333. The molecule has 2 aliphatic heterocycles. The van der Waals surface area contributed by atoms with Crippen LogP contribution in [0.4, 0.5) is 10.5 Å². The Labute approximate surface area is 378 Å². The normalized spacial score (nSPS) is 17.0. The predicted molar refractivity (Wildman–Crippen MR) is 247 cm³/mol. The highest BCUT2D eigenvalue weighted by Gasteiger charge is 2.39. The van der Waals surface area contributed by atoms with E-state index in [0.717, 1.165) is 46.3 Å². The maximum Gasteiger partial charge on any atom is 0.408 e. The minimum atomic E-state index is -0.910. The quantitative estimate of drug-likeness (QED) is 0.0784. The molecular formula is C51H55N7O7. The molecule has 6 aromatic rings. The topological polar surface area (TPSA) is 179 Å². The van der Waals surface area contributed by atoms with Gasteiger partial charge in [0.15, 0.2) is 0 Å². The van der Waals surface area contributed by atoms with Crippen molar-refractivity contribution in [1.29, 1.82) is 0 Å². The van der Waals surface area contributed by atoms with Crippen LogP contribution in [0, 0.1) is 0 Å². The number of fused-ring (bicyclic) bond motifs is 1. The second kappa shape index (κ2) is 19.7. The van der Waals surface area contributed by atoms with Crippen molar-refractivity contribution in [2.45, 2.75) is 96.1 Å². The maximum atomic E-state index is 14.1. The van der Waals surface area contributed by atoms with Crippen LogP contribution < -0.4 is 10.6 Å². The number of carbonyl (C=O) groups excluding carboxylic acids is 5. The maximum absolute atomic E-state index is 14.1. The van der Waals surface area contributed by atoms with Crippen molar-refractivity contribution in [2.24, 2.45) is 0 Å². The molecule has 0 saturated carbocycles. The summed E-state index contributed by atoms with van der Waals surface area (Å²) in [6.45, 7) is 8.03. The number of nitrogens with zero attached hydrogens (tertiary/aromatic N) is 3. The zero-order valence-corrected chi connectivity index (χ0v) is 37.1. The number of aromatic nitrogens is 3. The van der Waals surface area contributed by atoms with Gasteiger partial charge in [0.25, 0.3) is 5.91 Å². The number of imidazole rings is 1. The van der Waals surface area contributed by atoms with Crippen LogP contribution in [-0.2, 0) is 28.7 Å². The van der Waals surface area contributed by atoms with Gasteiger partial charge < -0.3 is 39.9 Å². The molecule has 0 bridgehead atoms. The highest BCUT2D eigenvalue weighted by atomic mass is 16.6. The number of alkyl carbamates (subject to hydrolysis) is 1. The summed E-state index contributed by atoms with van der Waals surface area (Å²) in [6.07, 6.45) is 3.19. The molecule has 4 N–H and O–H groups in total. The molecule has 4 aromatic carbocycles. The van der Waals surface area contributed by atoms with E-state index in [1.165, 1.54) is 0 Å². The van der Waals surface area contributed by atoms with Gasteiger partial charge in [0.2, 0.25) is 11.8 Å². The standard InChI is InChI=1S/C51H55N7O7/c1-31(2)64-45(59)29-39(33-13-7-5-8-14-33)49(61)58-26-12-18-44(58)48(60)53-38-22-19-34(20-23-38)41-28-37-27-36(21-24-40(37)54-41)42-30-52-47(55-42)43-17-11-25-57(43)50(62)46(35-15-9-6-10-16-35)56-51(63)65-32(3)4/h5-10,13-16,19-24,27-28,30-32,39,43-44,46,54H,11-12,17-18,25-26,29H2,1-4H3,(H,52,55)(H,53,60)(H,56,63)/t39-,43+,44+,46-/m1/s1. The van der Waals surface area contributed by atoms with E-state index >= 15 is 0 Å². The molecule has 0 spiro atoms. The molecule has 2 fully saturated rings. The molecule has 0 aliphatic carbocycles. The number of likely N-dealkylation sites (tertiary alicyclic amines) is 2. The van der Waals surface area contributed by atoms with Gasteiger partial charge in [-0.3, -0.25) is 19.2 Å². The summed E-state index contributed by atoms with van der Waals surface area (Å²) in [6, 6.07) is 32.2. The predicted octanol–water partition coefficient (Wildman–Crippen LogP) is 8.82. The summed E-state index contributed by atoms with van der Waals surface area (Å²) in [7, 11) is 0. The molecular weight excluding hydrogens is 823 g/mol. The largest absolute Gasteiger partial charge is 0.463 e. The number of anilines is 1. The van der Waals surface area contributed by atoms with E-state index < -0.39 is 30.1 Å². The van der Waals surface area contributed by atoms with Gasteiger partial charge in [-0.2, -0.15) is 0 Å². The smallest absolute Gasteiger partial charge is 0.408 e. The van der Waals surface area contributed by atoms with Gasteiger partial charge in [-0.1, -0.05) is 78.9 Å². The lowest BCUT2D eigenvalue weighted by Crippen LogP contribution is -2.45. The summed E-state index contributed by atoms with van der Waals surface area (Å²) < 4.78 is 10.7. The van der Waals surface area contributed by atoms with Gasteiger partial charge >= 0.3 is 12.1 Å². The molecule has 0 radical (unpaired) electrons. The Hall–Kier alpha value is -7.22. The number of hydrogen-bond donors (Lipinski definition) is 4. The number of aromatic amines is 2. The van der Waals surface area contributed by atoms with Crippen LogP contribution in [-0.4, -0.2) is 85.9 Å². The van der Waals surface area contributed by atoms with Crippen molar-refractivity contribution in [3.8, 4) is 22.5 Å². The van der Waals surface area contributed by atoms with Gasteiger partial charge in [-0.15, -0.1) is 0 Å². The molecule has 14 nitrogen and oxygen atoms in total. The van der Waals surface area contributed by atoms with Crippen molar-refractivity contribution in [3.63, 3.8) is 0 Å².